The highest BCUT2D eigenvalue weighted by atomic mass is 16.5. The number of imidazole rings is 1. The molecule has 0 radical (unpaired) electrons. The number of aromatic nitrogens is 3. The minimum Gasteiger partial charge on any atom is -0.496 e. The van der Waals surface area contributed by atoms with Crippen LogP contribution in [0.5, 0.6) is 5.75 Å². The van der Waals surface area contributed by atoms with Gasteiger partial charge in [0, 0.05) is 30.1 Å². The number of nitrogens with zero attached hydrogens (tertiary/aromatic N) is 3. The predicted octanol–water partition coefficient (Wildman–Crippen LogP) is 4.58. The highest BCUT2D eigenvalue weighted by molar-refractivity contribution is 5.75. The second-order valence-electron chi connectivity index (χ2n) is 6.31. The summed E-state index contributed by atoms with van der Waals surface area (Å²) in [4.78, 5) is 9.15. The van der Waals surface area contributed by atoms with Gasteiger partial charge in [-0.15, -0.1) is 0 Å². The summed E-state index contributed by atoms with van der Waals surface area (Å²) in [6.07, 6.45) is 4.76. The summed E-state index contributed by atoms with van der Waals surface area (Å²) in [6.45, 7) is 2.79. The maximum absolute atomic E-state index is 5.47. The maximum atomic E-state index is 5.47. The third kappa shape index (κ3) is 3.36. The standard InChI is InChI=1S/C22H22N4O/c1-3-16-9-11-17(12-10-16)20-21(26-14-6-13-23-22(26)25-20)24-15-18-7-4-5-8-19(18)27-2/h4-14,24H,3,15H2,1-2H3. The van der Waals surface area contributed by atoms with Gasteiger partial charge in [-0.05, 0) is 24.1 Å². The molecule has 0 aliphatic rings. The molecule has 5 heteroatoms. The number of anilines is 1. The van der Waals surface area contributed by atoms with Crippen LogP contribution in [0.4, 0.5) is 5.82 Å². The van der Waals surface area contributed by atoms with Crippen molar-refractivity contribution in [2.45, 2.75) is 19.9 Å². The first-order valence-corrected chi connectivity index (χ1v) is 9.08. The molecule has 2 aromatic carbocycles. The second kappa shape index (κ2) is 7.50. The van der Waals surface area contributed by atoms with Crippen LogP contribution in [-0.4, -0.2) is 21.5 Å². The molecule has 27 heavy (non-hydrogen) atoms. The van der Waals surface area contributed by atoms with Crippen molar-refractivity contribution < 1.29 is 4.74 Å². The summed E-state index contributed by atoms with van der Waals surface area (Å²) >= 11 is 0. The SMILES string of the molecule is CCc1ccc(-c2nc3ncccn3c2NCc2ccccc2OC)cc1. The van der Waals surface area contributed by atoms with E-state index in [1.807, 2.05) is 34.9 Å². The number of ether oxygens (including phenoxy) is 1. The first-order valence-electron chi connectivity index (χ1n) is 9.08. The maximum Gasteiger partial charge on any atom is 0.235 e. The van der Waals surface area contributed by atoms with Crippen LogP contribution in [-0.2, 0) is 13.0 Å². The molecule has 4 rings (SSSR count). The van der Waals surface area contributed by atoms with Gasteiger partial charge in [-0.3, -0.25) is 4.40 Å². The lowest BCUT2D eigenvalue weighted by Gasteiger charge is -2.12. The Morgan fingerprint density at radius 1 is 1.04 bits per heavy atom. The Bertz CT molecular complexity index is 1050. The minimum absolute atomic E-state index is 0.632. The van der Waals surface area contributed by atoms with Gasteiger partial charge in [-0.25, -0.2) is 9.97 Å². The summed E-state index contributed by atoms with van der Waals surface area (Å²) in [6, 6.07) is 18.5. The third-order valence-electron chi connectivity index (χ3n) is 4.68. The van der Waals surface area contributed by atoms with Crippen molar-refractivity contribution in [2.24, 2.45) is 0 Å². The van der Waals surface area contributed by atoms with Crippen molar-refractivity contribution in [3.63, 3.8) is 0 Å². The Kier molecular flexibility index (Phi) is 4.75. The van der Waals surface area contributed by atoms with Gasteiger partial charge >= 0.3 is 0 Å². The molecule has 2 aromatic heterocycles. The Hall–Kier alpha value is -3.34. The van der Waals surface area contributed by atoms with Crippen molar-refractivity contribution in [1.82, 2.24) is 14.4 Å². The van der Waals surface area contributed by atoms with Gasteiger partial charge in [-0.2, -0.15) is 0 Å². The van der Waals surface area contributed by atoms with Crippen LogP contribution < -0.4 is 10.1 Å². The van der Waals surface area contributed by atoms with Crippen LogP contribution in [0.2, 0.25) is 0 Å². The molecule has 5 nitrogen and oxygen atoms in total. The van der Waals surface area contributed by atoms with Crippen LogP contribution >= 0.6 is 0 Å². The van der Waals surface area contributed by atoms with Crippen molar-refractivity contribution >= 4 is 11.6 Å². The van der Waals surface area contributed by atoms with E-state index in [9.17, 15) is 0 Å². The summed E-state index contributed by atoms with van der Waals surface area (Å²) in [5, 5.41) is 3.53. The molecule has 0 aliphatic heterocycles. The monoisotopic (exact) mass is 358 g/mol. The van der Waals surface area contributed by atoms with Crippen LogP contribution in [0.15, 0.2) is 67.0 Å². The molecule has 0 atom stereocenters. The number of methoxy groups -OCH3 is 1. The molecule has 1 N–H and O–H groups in total. The quantitative estimate of drug-likeness (QED) is 0.548. The number of fused-ring (bicyclic) bond motifs is 1. The molecule has 2 heterocycles. The fourth-order valence-corrected chi connectivity index (χ4v) is 3.18. The molecule has 0 amide bonds. The van der Waals surface area contributed by atoms with Crippen LogP contribution in [0, 0.1) is 0 Å². The number of hydrogen-bond acceptors (Lipinski definition) is 4. The zero-order valence-corrected chi connectivity index (χ0v) is 15.5. The summed E-state index contributed by atoms with van der Waals surface area (Å²) in [5.74, 6) is 2.47. The average molecular weight is 358 g/mol. The molecule has 4 aromatic rings. The van der Waals surface area contributed by atoms with Crippen molar-refractivity contribution in [3.8, 4) is 17.0 Å². The lowest BCUT2D eigenvalue weighted by molar-refractivity contribution is 0.410. The fraction of sp³-hybridized carbons (Fsp3) is 0.182. The molecular formula is C22H22N4O. The zero-order valence-electron chi connectivity index (χ0n) is 15.5. The van der Waals surface area contributed by atoms with Gasteiger partial charge in [0.1, 0.15) is 17.3 Å². The lowest BCUT2D eigenvalue weighted by atomic mass is 10.1. The number of para-hydroxylation sites is 1. The van der Waals surface area contributed by atoms with Crippen molar-refractivity contribution in [1.29, 1.82) is 0 Å². The first kappa shape index (κ1) is 17.1. The molecule has 0 bridgehead atoms. The Labute approximate surface area is 158 Å². The van der Waals surface area contributed by atoms with Gasteiger partial charge in [0.05, 0.1) is 7.11 Å². The fourth-order valence-electron chi connectivity index (χ4n) is 3.18. The van der Waals surface area contributed by atoms with E-state index in [0.29, 0.717) is 12.3 Å². The second-order valence-corrected chi connectivity index (χ2v) is 6.31. The number of nitrogens with one attached hydrogen (secondary N) is 1. The largest absolute Gasteiger partial charge is 0.496 e. The Morgan fingerprint density at radius 3 is 2.63 bits per heavy atom. The molecule has 0 fully saturated rings. The van der Waals surface area contributed by atoms with Gasteiger partial charge in [0.25, 0.3) is 0 Å². The van der Waals surface area contributed by atoms with E-state index >= 15 is 0 Å². The molecular weight excluding hydrogens is 336 g/mol. The zero-order chi connectivity index (χ0) is 18.6. The van der Waals surface area contributed by atoms with Crippen molar-refractivity contribution in [3.05, 3.63) is 78.1 Å². The lowest BCUT2D eigenvalue weighted by Crippen LogP contribution is -2.05. The number of aryl methyl sites for hydroxylation is 1. The van der Waals surface area contributed by atoms with Gasteiger partial charge in [0.15, 0.2) is 0 Å². The van der Waals surface area contributed by atoms with E-state index in [1.54, 1.807) is 13.3 Å². The molecule has 0 unspecified atom stereocenters. The van der Waals surface area contributed by atoms with Crippen LogP contribution in [0.3, 0.4) is 0 Å². The van der Waals surface area contributed by atoms with Crippen LogP contribution in [0.25, 0.3) is 17.0 Å². The smallest absolute Gasteiger partial charge is 0.235 e. The molecule has 136 valence electrons. The van der Waals surface area contributed by atoms with E-state index in [4.69, 9.17) is 9.72 Å². The van der Waals surface area contributed by atoms with E-state index < -0.39 is 0 Å². The van der Waals surface area contributed by atoms with E-state index in [0.717, 1.165) is 34.8 Å². The summed E-state index contributed by atoms with van der Waals surface area (Å²) in [7, 11) is 1.69. The summed E-state index contributed by atoms with van der Waals surface area (Å²) in [5.41, 5.74) is 4.36. The normalized spacial score (nSPS) is 10.9. The third-order valence-corrected chi connectivity index (χ3v) is 4.68. The first-order chi connectivity index (χ1) is 13.3. The summed E-state index contributed by atoms with van der Waals surface area (Å²) < 4.78 is 7.45. The molecule has 0 aliphatic carbocycles. The Morgan fingerprint density at radius 2 is 1.85 bits per heavy atom. The van der Waals surface area contributed by atoms with E-state index in [1.165, 1.54) is 5.56 Å². The Balaban J connectivity index is 1.74. The minimum atomic E-state index is 0.632. The van der Waals surface area contributed by atoms with Gasteiger partial charge in [0.2, 0.25) is 5.78 Å². The predicted molar refractivity (Wildman–Crippen MR) is 108 cm³/mol. The number of rotatable bonds is 6. The van der Waals surface area contributed by atoms with Crippen LogP contribution in [0.1, 0.15) is 18.1 Å². The number of hydrogen-bond donors (Lipinski definition) is 1. The molecule has 0 saturated heterocycles. The van der Waals surface area contributed by atoms with E-state index in [2.05, 4.69) is 47.6 Å². The van der Waals surface area contributed by atoms with Crippen molar-refractivity contribution in [2.75, 3.05) is 12.4 Å². The van der Waals surface area contributed by atoms with Gasteiger partial charge in [-0.1, -0.05) is 49.4 Å². The van der Waals surface area contributed by atoms with E-state index in [-0.39, 0.29) is 0 Å². The molecule has 0 spiro atoms. The average Bonchev–Trinajstić information content (AvgIpc) is 3.11. The highest BCUT2D eigenvalue weighted by Gasteiger charge is 2.15. The topological polar surface area (TPSA) is 51.5 Å². The highest BCUT2D eigenvalue weighted by Crippen LogP contribution is 2.29. The molecule has 0 saturated carbocycles. The van der Waals surface area contributed by atoms with Gasteiger partial charge < -0.3 is 10.1 Å². The number of benzene rings is 2.